The number of rotatable bonds is 8. The molecular weight excluding hydrogens is 443 g/mol. The van der Waals surface area contributed by atoms with Crippen LogP contribution in [0.15, 0.2) is 65.3 Å². The van der Waals surface area contributed by atoms with Crippen molar-refractivity contribution in [1.29, 1.82) is 0 Å². The Labute approximate surface area is 195 Å². The highest BCUT2D eigenvalue weighted by molar-refractivity contribution is 6.31. The maximum absolute atomic E-state index is 13.1. The van der Waals surface area contributed by atoms with Crippen molar-refractivity contribution in [3.63, 3.8) is 0 Å². The van der Waals surface area contributed by atoms with Gasteiger partial charge in [0, 0.05) is 35.0 Å². The van der Waals surface area contributed by atoms with Gasteiger partial charge >= 0.3 is 0 Å². The van der Waals surface area contributed by atoms with Gasteiger partial charge in [0.05, 0.1) is 18.3 Å². The largest absolute Gasteiger partial charge is 0.467 e. The molecule has 33 heavy (non-hydrogen) atoms. The maximum atomic E-state index is 13.1. The van der Waals surface area contributed by atoms with Crippen molar-refractivity contribution in [3.05, 3.63) is 83.3 Å². The molecule has 1 saturated carbocycles. The number of fused-ring (bicyclic) bond motifs is 1. The highest BCUT2D eigenvalue weighted by atomic mass is 35.5. The van der Waals surface area contributed by atoms with Crippen LogP contribution in [0.2, 0.25) is 5.02 Å². The molecule has 1 aliphatic carbocycles. The lowest BCUT2D eigenvalue weighted by atomic mass is 10.2. The van der Waals surface area contributed by atoms with Gasteiger partial charge < -0.3 is 14.6 Å². The topological polar surface area (TPSA) is 71.3 Å². The number of benzene rings is 2. The van der Waals surface area contributed by atoms with Crippen LogP contribution in [-0.2, 0) is 11.3 Å². The third-order valence-electron chi connectivity index (χ3n) is 5.56. The Balaban J connectivity index is 1.43. The summed E-state index contributed by atoms with van der Waals surface area (Å²) in [5.41, 5.74) is 1.34. The summed E-state index contributed by atoms with van der Waals surface area (Å²) in [5.74, 6) is 2.17. The number of furan rings is 1. The first-order chi connectivity index (χ1) is 16.0. The van der Waals surface area contributed by atoms with Crippen molar-refractivity contribution in [2.45, 2.75) is 31.7 Å². The third-order valence-corrected chi connectivity index (χ3v) is 5.80. The van der Waals surface area contributed by atoms with Gasteiger partial charge in [-0.2, -0.15) is 0 Å². The molecule has 0 saturated heterocycles. The smallest absolute Gasteiger partial charge is 0.226 e. The van der Waals surface area contributed by atoms with Crippen LogP contribution in [0.4, 0.5) is 15.9 Å². The highest BCUT2D eigenvalue weighted by Gasteiger charge is 2.28. The Morgan fingerprint density at radius 3 is 2.70 bits per heavy atom. The number of amides is 1. The second kappa shape index (κ2) is 9.19. The van der Waals surface area contributed by atoms with Crippen LogP contribution in [0.25, 0.3) is 10.9 Å². The molecule has 0 spiro atoms. The molecule has 5 rings (SSSR count). The fourth-order valence-electron chi connectivity index (χ4n) is 3.71. The quantitative estimate of drug-likeness (QED) is 0.350. The fourth-order valence-corrected chi connectivity index (χ4v) is 3.88. The number of carbonyl (C=O) groups is 1. The minimum atomic E-state index is -0.347. The van der Waals surface area contributed by atoms with E-state index in [4.69, 9.17) is 26.0 Å². The number of nitrogens with zero attached hydrogens (tertiary/aromatic N) is 3. The molecular formula is C25H22ClFN4O2. The Kier molecular flexibility index (Phi) is 5.96. The predicted octanol–water partition coefficient (Wildman–Crippen LogP) is 5.93. The average Bonchev–Trinajstić information content (AvgIpc) is 3.53. The number of aromatic nitrogens is 2. The zero-order valence-electron chi connectivity index (χ0n) is 17.8. The fraction of sp³-hybridized carbons (Fsp3) is 0.240. The SMILES string of the molecule is O=C(CCN(Cc1ccco1)c1nc(C2CC2)nc2cc(Cl)ccc12)Nc1ccc(F)cc1. The van der Waals surface area contributed by atoms with E-state index in [0.717, 1.165) is 41.1 Å². The van der Waals surface area contributed by atoms with Gasteiger partial charge in [-0.15, -0.1) is 0 Å². The summed E-state index contributed by atoms with van der Waals surface area (Å²) in [5, 5.41) is 4.30. The number of carbonyl (C=O) groups excluding carboxylic acids is 1. The molecule has 2 aromatic carbocycles. The molecule has 2 aromatic heterocycles. The molecule has 0 atom stereocenters. The normalized spacial score (nSPS) is 13.3. The molecule has 0 aliphatic heterocycles. The van der Waals surface area contributed by atoms with Crippen molar-refractivity contribution in [3.8, 4) is 0 Å². The standard InChI is InChI=1S/C25H22ClFN4O2/c26-17-5-10-21-22(14-17)29-24(16-3-4-16)30-25(21)31(15-20-2-1-13-33-20)12-11-23(32)28-19-8-6-18(27)7-9-19/h1-2,5-10,13-14,16H,3-4,11-12,15H2,(H,28,32). The van der Waals surface area contributed by atoms with Crippen molar-refractivity contribution in [2.75, 3.05) is 16.8 Å². The maximum Gasteiger partial charge on any atom is 0.226 e. The van der Waals surface area contributed by atoms with E-state index in [1.807, 2.05) is 35.2 Å². The minimum absolute atomic E-state index is 0.171. The number of nitrogens with one attached hydrogen (secondary N) is 1. The summed E-state index contributed by atoms with van der Waals surface area (Å²) in [4.78, 5) is 24.3. The van der Waals surface area contributed by atoms with Crippen LogP contribution in [-0.4, -0.2) is 22.4 Å². The molecule has 168 valence electrons. The lowest BCUT2D eigenvalue weighted by molar-refractivity contribution is -0.116. The first kappa shape index (κ1) is 21.4. The van der Waals surface area contributed by atoms with Crippen LogP contribution in [0.3, 0.4) is 0 Å². The van der Waals surface area contributed by atoms with E-state index >= 15 is 0 Å². The molecule has 6 nitrogen and oxygen atoms in total. The summed E-state index contributed by atoms with van der Waals surface area (Å²) < 4.78 is 18.7. The molecule has 1 N–H and O–H groups in total. The monoisotopic (exact) mass is 464 g/mol. The summed E-state index contributed by atoms with van der Waals surface area (Å²) >= 11 is 6.24. The van der Waals surface area contributed by atoms with Crippen LogP contribution in [0.5, 0.6) is 0 Å². The first-order valence-electron chi connectivity index (χ1n) is 10.8. The van der Waals surface area contributed by atoms with Crippen molar-refractivity contribution >= 4 is 39.9 Å². The third kappa shape index (κ3) is 5.14. The molecule has 4 aromatic rings. The van der Waals surface area contributed by atoms with Crippen LogP contribution < -0.4 is 10.2 Å². The lowest BCUT2D eigenvalue weighted by Gasteiger charge is -2.24. The predicted molar refractivity (Wildman–Crippen MR) is 126 cm³/mol. The molecule has 1 amide bonds. The van der Waals surface area contributed by atoms with Crippen LogP contribution in [0, 0.1) is 5.82 Å². The van der Waals surface area contributed by atoms with Gasteiger partial charge in [-0.05, 0) is 67.4 Å². The second-order valence-corrected chi connectivity index (χ2v) is 8.58. The van der Waals surface area contributed by atoms with Gasteiger partial charge in [0.1, 0.15) is 23.2 Å². The Morgan fingerprint density at radius 1 is 1.15 bits per heavy atom. The van der Waals surface area contributed by atoms with Crippen molar-refractivity contribution in [1.82, 2.24) is 9.97 Å². The zero-order chi connectivity index (χ0) is 22.8. The van der Waals surface area contributed by atoms with Crippen LogP contribution >= 0.6 is 11.6 Å². The highest BCUT2D eigenvalue weighted by Crippen LogP contribution is 2.40. The zero-order valence-corrected chi connectivity index (χ0v) is 18.6. The van der Waals surface area contributed by atoms with E-state index in [9.17, 15) is 9.18 Å². The van der Waals surface area contributed by atoms with Gasteiger partial charge in [-0.1, -0.05) is 11.6 Å². The van der Waals surface area contributed by atoms with E-state index in [-0.39, 0.29) is 18.1 Å². The first-order valence-corrected chi connectivity index (χ1v) is 11.2. The average molecular weight is 465 g/mol. The Morgan fingerprint density at radius 2 is 1.97 bits per heavy atom. The Bertz CT molecular complexity index is 1270. The van der Waals surface area contributed by atoms with Gasteiger partial charge in [-0.3, -0.25) is 4.79 Å². The second-order valence-electron chi connectivity index (χ2n) is 8.15. The number of hydrogen-bond acceptors (Lipinski definition) is 5. The van der Waals surface area contributed by atoms with Gasteiger partial charge in [-0.25, -0.2) is 14.4 Å². The summed E-state index contributed by atoms with van der Waals surface area (Å²) in [6.07, 6.45) is 3.99. The van der Waals surface area contributed by atoms with Crippen molar-refractivity contribution in [2.24, 2.45) is 0 Å². The molecule has 0 radical (unpaired) electrons. The molecule has 1 fully saturated rings. The van der Waals surface area contributed by atoms with E-state index in [2.05, 4.69) is 5.32 Å². The number of hydrogen-bond donors (Lipinski definition) is 1. The van der Waals surface area contributed by atoms with Gasteiger partial charge in [0.15, 0.2) is 0 Å². The van der Waals surface area contributed by atoms with E-state index < -0.39 is 0 Å². The van der Waals surface area contributed by atoms with Gasteiger partial charge in [0.25, 0.3) is 0 Å². The van der Waals surface area contributed by atoms with E-state index in [0.29, 0.717) is 29.7 Å². The van der Waals surface area contributed by atoms with E-state index in [1.165, 1.54) is 24.3 Å². The van der Waals surface area contributed by atoms with Crippen molar-refractivity contribution < 1.29 is 13.6 Å². The summed E-state index contributed by atoms with van der Waals surface area (Å²) in [6, 6.07) is 15.0. The Hall–Kier alpha value is -3.45. The van der Waals surface area contributed by atoms with E-state index in [1.54, 1.807) is 6.26 Å². The minimum Gasteiger partial charge on any atom is -0.467 e. The molecule has 8 heteroatoms. The lowest BCUT2D eigenvalue weighted by Crippen LogP contribution is -2.28. The molecule has 2 heterocycles. The summed E-state index contributed by atoms with van der Waals surface area (Å²) in [7, 11) is 0. The number of anilines is 2. The molecule has 0 bridgehead atoms. The summed E-state index contributed by atoms with van der Waals surface area (Å²) in [6.45, 7) is 0.863. The van der Waals surface area contributed by atoms with Gasteiger partial charge in [0.2, 0.25) is 5.91 Å². The number of halogens is 2. The van der Waals surface area contributed by atoms with Crippen LogP contribution in [0.1, 0.15) is 36.8 Å². The molecule has 1 aliphatic rings. The molecule has 0 unspecified atom stereocenters.